The molecule has 0 bridgehead atoms. The number of nitrogens with one attached hydrogen (secondary N) is 2. The van der Waals surface area contributed by atoms with E-state index in [1.54, 1.807) is 12.1 Å². The van der Waals surface area contributed by atoms with Crippen LogP contribution in [0, 0.1) is 0 Å². The Bertz CT molecular complexity index is 541. The maximum absolute atomic E-state index is 11.3. The monoisotopic (exact) mass is 395 g/mol. The molecule has 2 N–H and O–H groups in total. The van der Waals surface area contributed by atoms with Crippen LogP contribution in [0.1, 0.15) is 12.0 Å². The Hall–Kier alpha value is -0.830. The molecule has 0 unspecified atom stereocenters. The molecule has 1 aromatic rings. The van der Waals surface area contributed by atoms with E-state index in [2.05, 4.69) is 15.6 Å². The lowest BCUT2D eigenvalue weighted by Crippen LogP contribution is -2.40. The van der Waals surface area contributed by atoms with Crippen molar-refractivity contribution in [2.75, 3.05) is 19.3 Å². The second kappa shape index (κ2) is 7.09. The fraction of sp³-hybridized carbons (Fsp3) is 0.417. The molecule has 0 aliphatic carbocycles. The first-order chi connectivity index (χ1) is 8.55. The molecule has 0 fully saturated rings. The second-order valence-corrected chi connectivity index (χ2v) is 6.30. The number of guanidine groups is 1. The Kier molecular flexibility index (Phi) is 6.05. The Morgan fingerprint density at radius 1 is 1.32 bits per heavy atom. The number of sulfone groups is 1. The minimum Gasteiger partial charge on any atom is -0.356 e. The van der Waals surface area contributed by atoms with Crippen LogP contribution >= 0.6 is 24.0 Å². The lowest BCUT2D eigenvalue weighted by Gasteiger charge is -2.16. The molecule has 0 radical (unpaired) electrons. The molecule has 0 saturated carbocycles. The van der Waals surface area contributed by atoms with Gasteiger partial charge in [-0.25, -0.2) is 8.42 Å². The van der Waals surface area contributed by atoms with Gasteiger partial charge in [0.2, 0.25) is 0 Å². The van der Waals surface area contributed by atoms with Gasteiger partial charge in [0.05, 0.1) is 4.90 Å². The van der Waals surface area contributed by atoms with Gasteiger partial charge in [0.25, 0.3) is 0 Å². The molecule has 7 heteroatoms. The molecule has 1 heterocycles. The fourth-order valence-electron chi connectivity index (χ4n) is 1.69. The molecule has 1 aliphatic heterocycles. The van der Waals surface area contributed by atoms with Crippen LogP contribution < -0.4 is 10.6 Å². The molecule has 1 aliphatic rings. The van der Waals surface area contributed by atoms with Crippen molar-refractivity contribution in [2.24, 2.45) is 4.99 Å². The van der Waals surface area contributed by atoms with E-state index in [1.807, 2.05) is 12.1 Å². The van der Waals surface area contributed by atoms with E-state index in [0.29, 0.717) is 11.4 Å². The average Bonchev–Trinajstić information content (AvgIpc) is 2.37. The third-order valence-electron chi connectivity index (χ3n) is 2.71. The van der Waals surface area contributed by atoms with Gasteiger partial charge in [-0.3, -0.25) is 4.99 Å². The van der Waals surface area contributed by atoms with Gasteiger partial charge in [0.1, 0.15) is 0 Å². The van der Waals surface area contributed by atoms with Gasteiger partial charge in [-0.05, 0) is 24.1 Å². The Labute approximate surface area is 130 Å². The normalized spacial score (nSPS) is 14.9. The minimum atomic E-state index is -3.11. The van der Waals surface area contributed by atoms with Gasteiger partial charge in [-0.2, -0.15) is 0 Å². The summed E-state index contributed by atoms with van der Waals surface area (Å²) in [6.07, 6.45) is 2.27. The quantitative estimate of drug-likeness (QED) is 0.754. The van der Waals surface area contributed by atoms with E-state index < -0.39 is 9.84 Å². The van der Waals surface area contributed by atoms with E-state index >= 15 is 0 Å². The molecule has 1 aromatic carbocycles. The number of benzene rings is 1. The number of nitrogens with zero attached hydrogens (tertiary/aromatic N) is 1. The lowest BCUT2D eigenvalue weighted by atomic mass is 10.2. The third kappa shape index (κ3) is 4.98. The van der Waals surface area contributed by atoms with Gasteiger partial charge in [0, 0.05) is 25.9 Å². The van der Waals surface area contributed by atoms with Crippen LogP contribution in [0.3, 0.4) is 0 Å². The van der Waals surface area contributed by atoms with Crippen molar-refractivity contribution in [1.82, 2.24) is 10.6 Å². The standard InChI is InChI=1S/C12H17N3O2S.HI/c1-18(16,17)11-5-3-10(4-6-11)9-15-12-13-7-2-8-14-12;/h3-6H,2,7-9H2,1H3,(H2,13,14,15);1H. The summed E-state index contributed by atoms with van der Waals surface area (Å²) in [5.74, 6) is 0.813. The summed E-state index contributed by atoms with van der Waals surface area (Å²) < 4.78 is 22.6. The van der Waals surface area contributed by atoms with Crippen molar-refractivity contribution in [2.45, 2.75) is 17.9 Å². The van der Waals surface area contributed by atoms with Crippen LogP contribution in [0.4, 0.5) is 0 Å². The summed E-state index contributed by atoms with van der Waals surface area (Å²) in [4.78, 5) is 4.65. The van der Waals surface area contributed by atoms with Crippen molar-refractivity contribution in [3.8, 4) is 0 Å². The first-order valence-corrected chi connectivity index (χ1v) is 7.76. The van der Waals surface area contributed by atoms with Gasteiger partial charge >= 0.3 is 0 Å². The maximum Gasteiger partial charge on any atom is 0.191 e. The Balaban J connectivity index is 0.00000180. The van der Waals surface area contributed by atoms with E-state index in [1.165, 1.54) is 6.26 Å². The molecule has 19 heavy (non-hydrogen) atoms. The zero-order chi connectivity index (χ0) is 13.0. The highest BCUT2D eigenvalue weighted by atomic mass is 127. The molecule has 5 nitrogen and oxygen atoms in total. The minimum absolute atomic E-state index is 0. The maximum atomic E-state index is 11.3. The van der Waals surface area contributed by atoms with E-state index in [9.17, 15) is 8.42 Å². The highest BCUT2D eigenvalue weighted by molar-refractivity contribution is 14.0. The van der Waals surface area contributed by atoms with Crippen LogP contribution in [0.15, 0.2) is 34.2 Å². The van der Waals surface area contributed by atoms with Gasteiger partial charge in [-0.15, -0.1) is 24.0 Å². The molecular weight excluding hydrogens is 377 g/mol. The molecule has 0 spiro atoms. The summed E-state index contributed by atoms with van der Waals surface area (Å²) in [6, 6.07) is 6.88. The topological polar surface area (TPSA) is 70.6 Å². The summed E-state index contributed by atoms with van der Waals surface area (Å²) in [5.41, 5.74) is 1.03. The van der Waals surface area contributed by atoms with Gasteiger partial charge in [0.15, 0.2) is 15.8 Å². The predicted molar refractivity (Wildman–Crippen MR) is 86.7 cm³/mol. The van der Waals surface area contributed by atoms with Crippen LogP contribution in [0.5, 0.6) is 0 Å². The summed E-state index contributed by atoms with van der Waals surface area (Å²) in [6.45, 7) is 2.43. The second-order valence-electron chi connectivity index (χ2n) is 4.28. The van der Waals surface area contributed by atoms with E-state index in [4.69, 9.17) is 0 Å². The number of hydrogen-bond donors (Lipinski definition) is 2. The number of aliphatic imine (C=N–C) groups is 1. The molecule has 106 valence electrons. The Morgan fingerprint density at radius 3 is 2.53 bits per heavy atom. The fourth-order valence-corrected chi connectivity index (χ4v) is 2.32. The van der Waals surface area contributed by atoms with Crippen LogP contribution in [-0.2, 0) is 16.4 Å². The van der Waals surface area contributed by atoms with Gasteiger partial charge < -0.3 is 10.6 Å². The van der Waals surface area contributed by atoms with Crippen molar-refractivity contribution < 1.29 is 8.42 Å². The van der Waals surface area contributed by atoms with E-state index in [-0.39, 0.29) is 24.0 Å². The average molecular weight is 395 g/mol. The predicted octanol–water partition coefficient (Wildman–Crippen LogP) is 1.15. The molecule has 0 saturated heterocycles. The first kappa shape index (κ1) is 16.2. The Morgan fingerprint density at radius 2 is 2.00 bits per heavy atom. The molecular formula is C12H18IN3O2S. The molecule has 0 atom stereocenters. The van der Waals surface area contributed by atoms with Crippen LogP contribution in [0.25, 0.3) is 0 Å². The first-order valence-electron chi connectivity index (χ1n) is 5.87. The van der Waals surface area contributed by atoms with Crippen molar-refractivity contribution in [3.63, 3.8) is 0 Å². The highest BCUT2D eigenvalue weighted by Crippen LogP contribution is 2.10. The van der Waals surface area contributed by atoms with Crippen molar-refractivity contribution in [3.05, 3.63) is 29.8 Å². The number of rotatable bonds is 3. The number of hydrogen-bond acceptors (Lipinski definition) is 5. The largest absolute Gasteiger partial charge is 0.356 e. The zero-order valence-electron chi connectivity index (χ0n) is 10.7. The number of halogens is 1. The van der Waals surface area contributed by atoms with Gasteiger partial charge in [-0.1, -0.05) is 12.1 Å². The summed E-state index contributed by atoms with van der Waals surface area (Å²) >= 11 is 0. The van der Waals surface area contributed by atoms with Crippen molar-refractivity contribution in [1.29, 1.82) is 0 Å². The zero-order valence-corrected chi connectivity index (χ0v) is 13.9. The summed E-state index contributed by atoms with van der Waals surface area (Å²) in [5, 5.41) is 6.35. The highest BCUT2D eigenvalue weighted by Gasteiger charge is 2.07. The molecule has 2 rings (SSSR count). The SMILES string of the molecule is CS(=O)(=O)c1ccc(CNC2=NCCCN2)cc1.I. The smallest absolute Gasteiger partial charge is 0.191 e. The molecule has 0 amide bonds. The lowest BCUT2D eigenvalue weighted by molar-refractivity contribution is 0.602. The van der Waals surface area contributed by atoms with Crippen LogP contribution in [0.2, 0.25) is 0 Å². The van der Waals surface area contributed by atoms with Crippen LogP contribution in [-0.4, -0.2) is 33.7 Å². The van der Waals surface area contributed by atoms with Crippen molar-refractivity contribution >= 4 is 39.8 Å². The third-order valence-corrected chi connectivity index (χ3v) is 3.84. The summed E-state index contributed by atoms with van der Waals surface area (Å²) in [7, 11) is -3.11. The van der Waals surface area contributed by atoms with E-state index in [0.717, 1.165) is 31.0 Å². The molecule has 0 aromatic heterocycles.